The highest BCUT2D eigenvalue weighted by Gasteiger charge is 2.29. The highest BCUT2D eigenvalue weighted by Crippen LogP contribution is 2.21. The van der Waals surface area contributed by atoms with Crippen LogP contribution in [-0.4, -0.2) is 53.7 Å². The number of carbonyl (C=O) groups excluding carboxylic acids is 2. The smallest absolute Gasteiger partial charge is 0.258 e. The van der Waals surface area contributed by atoms with E-state index in [-0.39, 0.29) is 36.0 Å². The van der Waals surface area contributed by atoms with E-state index in [2.05, 4.69) is 15.6 Å². The lowest BCUT2D eigenvalue weighted by Crippen LogP contribution is -2.49. The Bertz CT molecular complexity index is 1230. The molecule has 1 fully saturated rings. The van der Waals surface area contributed by atoms with Gasteiger partial charge in [-0.1, -0.05) is 18.2 Å². The van der Waals surface area contributed by atoms with Crippen molar-refractivity contribution in [3.63, 3.8) is 0 Å². The molecule has 0 unspecified atom stereocenters. The second-order valence-corrected chi connectivity index (χ2v) is 8.78. The molecule has 0 spiro atoms. The molecule has 0 radical (unpaired) electrons. The highest BCUT2D eigenvalue weighted by molar-refractivity contribution is 7.89. The Hall–Kier alpha value is -3.24. The molecule has 1 saturated heterocycles. The number of nitrogens with one attached hydrogen (secondary N) is 2. The van der Waals surface area contributed by atoms with Gasteiger partial charge in [0.2, 0.25) is 21.9 Å². The Morgan fingerprint density at radius 1 is 1.20 bits per heavy atom. The van der Waals surface area contributed by atoms with E-state index in [1.165, 1.54) is 24.3 Å². The molecule has 3 aromatic rings. The number of hydrogen-bond acceptors (Lipinski definition) is 5. The zero-order valence-electron chi connectivity index (χ0n) is 16.3. The van der Waals surface area contributed by atoms with Gasteiger partial charge in [0.1, 0.15) is 0 Å². The van der Waals surface area contributed by atoms with Crippen LogP contribution in [-0.2, 0) is 21.4 Å². The molecule has 0 aliphatic carbocycles. The Labute approximate surface area is 173 Å². The Morgan fingerprint density at radius 3 is 2.77 bits per heavy atom. The van der Waals surface area contributed by atoms with Crippen LogP contribution in [0.2, 0.25) is 0 Å². The molecule has 156 valence electrons. The van der Waals surface area contributed by atoms with E-state index in [4.69, 9.17) is 0 Å². The van der Waals surface area contributed by atoms with Gasteiger partial charge in [0.25, 0.3) is 5.91 Å². The van der Waals surface area contributed by atoms with Crippen LogP contribution in [0.25, 0.3) is 11.0 Å². The van der Waals surface area contributed by atoms with E-state index in [0.29, 0.717) is 12.5 Å². The van der Waals surface area contributed by atoms with Crippen LogP contribution in [0, 0.1) is 0 Å². The minimum absolute atomic E-state index is 0.0335. The van der Waals surface area contributed by atoms with Gasteiger partial charge in [0.05, 0.1) is 22.5 Å². The summed E-state index contributed by atoms with van der Waals surface area (Å²) in [6, 6.07) is 13.3. The van der Waals surface area contributed by atoms with Gasteiger partial charge >= 0.3 is 0 Å². The molecule has 1 aliphatic rings. The minimum Gasteiger partial charge on any atom is -0.354 e. The number of sulfonamides is 1. The van der Waals surface area contributed by atoms with Gasteiger partial charge in [-0.3, -0.25) is 14.9 Å². The summed E-state index contributed by atoms with van der Waals surface area (Å²) in [7, 11) is -3.89. The predicted octanol–water partition coefficient (Wildman–Crippen LogP) is 1.43. The first-order chi connectivity index (χ1) is 14.4. The molecule has 0 saturated carbocycles. The molecular formula is C20H21N5O4S. The van der Waals surface area contributed by atoms with Crippen LogP contribution < -0.4 is 10.6 Å². The van der Waals surface area contributed by atoms with E-state index in [0.717, 1.165) is 15.3 Å². The van der Waals surface area contributed by atoms with Gasteiger partial charge in [-0.25, -0.2) is 13.4 Å². The van der Waals surface area contributed by atoms with Crippen molar-refractivity contribution in [3.05, 3.63) is 54.1 Å². The predicted molar refractivity (Wildman–Crippen MR) is 112 cm³/mol. The van der Waals surface area contributed by atoms with E-state index in [9.17, 15) is 18.0 Å². The number of aryl methyl sites for hydroxylation is 1. The summed E-state index contributed by atoms with van der Waals surface area (Å²) in [5.41, 5.74) is 1.84. The van der Waals surface area contributed by atoms with Crippen LogP contribution in [0.1, 0.15) is 17.3 Å². The lowest BCUT2D eigenvalue weighted by Gasteiger charge is -2.26. The molecule has 0 bridgehead atoms. The van der Waals surface area contributed by atoms with E-state index < -0.39 is 15.9 Å². The zero-order chi connectivity index (χ0) is 21.3. The first-order valence-electron chi connectivity index (χ1n) is 9.53. The molecule has 30 heavy (non-hydrogen) atoms. The fourth-order valence-corrected chi connectivity index (χ4v) is 4.88. The third kappa shape index (κ3) is 3.66. The zero-order valence-corrected chi connectivity index (χ0v) is 17.1. The van der Waals surface area contributed by atoms with Crippen LogP contribution in [0.5, 0.6) is 0 Å². The van der Waals surface area contributed by atoms with Crippen LogP contribution in [0.15, 0.2) is 53.4 Å². The summed E-state index contributed by atoms with van der Waals surface area (Å²) >= 11 is 0. The number of para-hydroxylation sites is 2. The quantitative estimate of drug-likeness (QED) is 0.640. The van der Waals surface area contributed by atoms with Gasteiger partial charge in [0, 0.05) is 25.2 Å². The van der Waals surface area contributed by atoms with Crippen molar-refractivity contribution in [2.24, 2.45) is 0 Å². The first-order valence-corrected chi connectivity index (χ1v) is 11.0. The molecule has 2 N–H and O–H groups in total. The summed E-state index contributed by atoms with van der Waals surface area (Å²) in [5.74, 6) is -0.421. The summed E-state index contributed by atoms with van der Waals surface area (Å²) in [6.45, 7) is 2.77. The molecule has 10 heteroatoms. The molecule has 1 aliphatic heterocycles. The number of fused-ring (bicyclic) bond motifs is 1. The van der Waals surface area contributed by atoms with Crippen molar-refractivity contribution >= 4 is 38.8 Å². The number of rotatable bonds is 5. The van der Waals surface area contributed by atoms with Crippen LogP contribution >= 0.6 is 0 Å². The number of hydrogen-bond donors (Lipinski definition) is 2. The summed E-state index contributed by atoms with van der Waals surface area (Å²) < 4.78 is 28.7. The topological polar surface area (TPSA) is 113 Å². The summed E-state index contributed by atoms with van der Waals surface area (Å²) in [6.07, 6.45) is 0. The number of amides is 2. The third-order valence-corrected chi connectivity index (χ3v) is 6.77. The average Bonchev–Trinajstić information content (AvgIpc) is 3.10. The lowest BCUT2D eigenvalue weighted by atomic mass is 10.2. The van der Waals surface area contributed by atoms with Gasteiger partial charge < -0.3 is 9.88 Å². The number of anilines is 1. The standard InChI is InChI=1S/C20H21N5O4S/c1-2-25-17-9-4-3-8-16(17)22-20(25)23-19(27)14-6-5-7-15(12-14)30(28,29)24-11-10-21-18(26)13-24/h3-9,12H,2,10-11,13H2,1H3,(H,21,26)(H,22,23,27). The molecule has 2 heterocycles. The SMILES string of the molecule is CCn1c(NC(=O)c2cccc(S(=O)(=O)N3CCNC(=O)C3)c2)nc2ccccc21. The van der Waals surface area contributed by atoms with E-state index in [1.54, 1.807) is 0 Å². The van der Waals surface area contributed by atoms with Crippen molar-refractivity contribution in [1.82, 2.24) is 19.2 Å². The second-order valence-electron chi connectivity index (χ2n) is 6.84. The number of nitrogens with zero attached hydrogens (tertiary/aromatic N) is 3. The van der Waals surface area contributed by atoms with Crippen LogP contribution in [0.4, 0.5) is 5.95 Å². The molecular weight excluding hydrogens is 406 g/mol. The fraction of sp³-hybridized carbons (Fsp3) is 0.250. The minimum atomic E-state index is -3.89. The van der Waals surface area contributed by atoms with Crippen molar-refractivity contribution in [2.75, 3.05) is 25.0 Å². The summed E-state index contributed by atoms with van der Waals surface area (Å²) in [5, 5.41) is 5.37. The Balaban J connectivity index is 1.61. The highest BCUT2D eigenvalue weighted by atomic mass is 32.2. The van der Waals surface area contributed by atoms with Gasteiger partial charge in [0.15, 0.2) is 0 Å². The van der Waals surface area contributed by atoms with Crippen LogP contribution in [0.3, 0.4) is 0 Å². The maximum Gasteiger partial charge on any atom is 0.258 e. The molecule has 1 aromatic heterocycles. The number of piperazine rings is 1. The van der Waals surface area contributed by atoms with Crippen molar-refractivity contribution in [1.29, 1.82) is 0 Å². The monoisotopic (exact) mass is 427 g/mol. The Kier molecular flexibility index (Phi) is 5.27. The lowest BCUT2D eigenvalue weighted by molar-refractivity contribution is -0.122. The molecule has 0 atom stereocenters. The molecule has 2 amide bonds. The average molecular weight is 427 g/mol. The number of aromatic nitrogens is 2. The maximum atomic E-state index is 12.9. The first kappa shape index (κ1) is 20.0. The number of carbonyl (C=O) groups is 2. The fourth-order valence-electron chi connectivity index (χ4n) is 3.43. The molecule has 9 nitrogen and oxygen atoms in total. The molecule has 2 aromatic carbocycles. The Morgan fingerprint density at radius 2 is 2.00 bits per heavy atom. The van der Waals surface area contributed by atoms with E-state index >= 15 is 0 Å². The van der Waals surface area contributed by atoms with Gasteiger partial charge in [-0.2, -0.15) is 4.31 Å². The van der Waals surface area contributed by atoms with E-state index in [1.807, 2.05) is 35.8 Å². The van der Waals surface area contributed by atoms with Crippen molar-refractivity contribution < 1.29 is 18.0 Å². The second kappa shape index (κ2) is 7.88. The van der Waals surface area contributed by atoms with Crippen molar-refractivity contribution in [2.45, 2.75) is 18.4 Å². The van der Waals surface area contributed by atoms with Gasteiger partial charge in [-0.05, 0) is 37.3 Å². The normalized spacial score (nSPS) is 15.2. The summed E-state index contributed by atoms with van der Waals surface area (Å²) in [4.78, 5) is 28.8. The molecule has 4 rings (SSSR count). The number of benzene rings is 2. The van der Waals surface area contributed by atoms with Gasteiger partial charge in [-0.15, -0.1) is 0 Å². The largest absolute Gasteiger partial charge is 0.354 e. The number of imidazole rings is 1. The maximum absolute atomic E-state index is 12.9. The third-order valence-electron chi connectivity index (χ3n) is 4.93. The van der Waals surface area contributed by atoms with Crippen molar-refractivity contribution in [3.8, 4) is 0 Å².